The Morgan fingerprint density at radius 3 is 2.47 bits per heavy atom. The fourth-order valence-electron chi connectivity index (χ4n) is 3.80. The lowest BCUT2D eigenvalue weighted by atomic mass is 9.89. The number of nitrogens with one attached hydrogen (secondary N) is 1. The first-order chi connectivity index (χ1) is 15.4. The zero-order chi connectivity index (χ0) is 22.7. The zero-order valence-electron chi connectivity index (χ0n) is 17.7. The van der Waals surface area contributed by atoms with Gasteiger partial charge in [-0.05, 0) is 53.6 Å². The molecule has 0 radical (unpaired) electrons. The van der Waals surface area contributed by atoms with Crippen molar-refractivity contribution in [3.05, 3.63) is 88.4 Å². The van der Waals surface area contributed by atoms with Crippen molar-refractivity contribution in [2.45, 2.75) is 25.6 Å². The van der Waals surface area contributed by atoms with E-state index in [4.69, 9.17) is 9.47 Å². The monoisotopic (exact) mass is 494 g/mol. The molecule has 0 spiro atoms. The number of ether oxygens (including phenoxy) is 2. The van der Waals surface area contributed by atoms with Gasteiger partial charge in [0, 0.05) is 23.6 Å². The van der Waals surface area contributed by atoms with E-state index in [0.717, 1.165) is 21.3 Å². The molecule has 3 aromatic carbocycles. The van der Waals surface area contributed by atoms with E-state index in [9.17, 15) is 9.59 Å². The largest absolute Gasteiger partial charge is 0.497 e. The summed E-state index contributed by atoms with van der Waals surface area (Å²) in [5, 5.41) is 2.78. The van der Waals surface area contributed by atoms with Crippen LogP contribution < -0.4 is 14.8 Å². The maximum absolute atomic E-state index is 13.1. The number of hydrogen-bond donors (Lipinski definition) is 1. The lowest BCUT2D eigenvalue weighted by molar-refractivity contribution is -0.165. The third kappa shape index (κ3) is 4.78. The molecule has 2 atom stereocenters. The van der Waals surface area contributed by atoms with Crippen molar-refractivity contribution in [2.75, 3.05) is 12.4 Å². The van der Waals surface area contributed by atoms with E-state index in [2.05, 4.69) is 21.2 Å². The number of hydrogen-bond acceptors (Lipinski definition) is 4. The first kappa shape index (κ1) is 21.9. The molecular weight excluding hydrogens is 472 g/mol. The number of amides is 2. The van der Waals surface area contributed by atoms with Crippen molar-refractivity contribution < 1.29 is 19.1 Å². The highest BCUT2D eigenvalue weighted by atomic mass is 79.9. The normalized spacial score (nSPS) is 17.5. The molecule has 1 N–H and O–H groups in total. The quantitative estimate of drug-likeness (QED) is 0.472. The van der Waals surface area contributed by atoms with Gasteiger partial charge in [0.05, 0.1) is 7.11 Å². The fourth-order valence-corrected chi connectivity index (χ4v) is 4.18. The Hall–Kier alpha value is -3.32. The first-order valence-electron chi connectivity index (χ1n) is 10.2. The standard InChI is InChI=1S/C25H23BrN2O4/c1-16(29)27-20-7-3-5-17(13-20)15-28-23(18-9-11-21(31-2)12-10-18)24(25(28)30)32-22-8-4-6-19(26)14-22/h3-14,23-24H,15H2,1-2H3,(H,27,29)/t23-,24-/m1/s1. The first-order valence-corrected chi connectivity index (χ1v) is 11.0. The molecule has 0 unspecified atom stereocenters. The van der Waals surface area contributed by atoms with Crippen LogP contribution in [0.4, 0.5) is 5.69 Å². The van der Waals surface area contributed by atoms with Gasteiger partial charge in [0.2, 0.25) is 12.0 Å². The molecule has 1 aliphatic heterocycles. The number of carbonyl (C=O) groups excluding carboxylic acids is 2. The highest BCUT2D eigenvalue weighted by molar-refractivity contribution is 9.10. The summed E-state index contributed by atoms with van der Waals surface area (Å²) in [5.74, 6) is 1.15. The van der Waals surface area contributed by atoms with Gasteiger partial charge in [0.15, 0.2) is 0 Å². The molecule has 7 heteroatoms. The van der Waals surface area contributed by atoms with Crippen molar-refractivity contribution in [1.82, 2.24) is 4.90 Å². The van der Waals surface area contributed by atoms with E-state index in [0.29, 0.717) is 18.0 Å². The highest BCUT2D eigenvalue weighted by Gasteiger charge is 2.50. The topological polar surface area (TPSA) is 67.9 Å². The second-order valence-corrected chi connectivity index (χ2v) is 8.48. The van der Waals surface area contributed by atoms with Crippen LogP contribution in [0, 0.1) is 0 Å². The molecule has 6 nitrogen and oxygen atoms in total. The average Bonchev–Trinajstić information content (AvgIpc) is 2.78. The molecule has 3 aromatic rings. The second-order valence-electron chi connectivity index (χ2n) is 7.56. The Morgan fingerprint density at radius 2 is 1.78 bits per heavy atom. The van der Waals surface area contributed by atoms with Gasteiger partial charge in [-0.15, -0.1) is 0 Å². The molecule has 0 bridgehead atoms. The van der Waals surface area contributed by atoms with Gasteiger partial charge in [0.1, 0.15) is 17.5 Å². The van der Waals surface area contributed by atoms with Crippen LogP contribution in [0.25, 0.3) is 0 Å². The van der Waals surface area contributed by atoms with E-state index < -0.39 is 6.10 Å². The molecule has 0 aromatic heterocycles. The lowest BCUT2D eigenvalue weighted by Gasteiger charge is -2.47. The summed E-state index contributed by atoms with van der Waals surface area (Å²) in [6.45, 7) is 1.87. The minimum atomic E-state index is -0.628. The molecular formula is C25H23BrN2O4. The predicted octanol–water partition coefficient (Wildman–Crippen LogP) is 4.95. The van der Waals surface area contributed by atoms with Crippen LogP contribution in [0.5, 0.6) is 11.5 Å². The zero-order valence-corrected chi connectivity index (χ0v) is 19.3. The lowest BCUT2D eigenvalue weighted by Crippen LogP contribution is -2.60. The fraction of sp³-hybridized carbons (Fsp3) is 0.200. The third-order valence-corrected chi connectivity index (χ3v) is 5.76. The predicted molar refractivity (Wildman–Crippen MR) is 126 cm³/mol. The summed E-state index contributed by atoms with van der Waals surface area (Å²) in [4.78, 5) is 26.3. The van der Waals surface area contributed by atoms with Gasteiger partial charge in [-0.1, -0.05) is 46.3 Å². The van der Waals surface area contributed by atoms with Crippen LogP contribution >= 0.6 is 15.9 Å². The van der Waals surface area contributed by atoms with Crippen LogP contribution in [-0.4, -0.2) is 29.9 Å². The van der Waals surface area contributed by atoms with Crippen LogP contribution in [0.2, 0.25) is 0 Å². The van der Waals surface area contributed by atoms with Gasteiger partial charge < -0.3 is 19.7 Å². The van der Waals surface area contributed by atoms with Gasteiger partial charge in [-0.25, -0.2) is 0 Å². The van der Waals surface area contributed by atoms with Crippen molar-refractivity contribution >= 4 is 33.4 Å². The van der Waals surface area contributed by atoms with E-state index >= 15 is 0 Å². The Balaban J connectivity index is 1.60. The van der Waals surface area contributed by atoms with E-state index in [1.807, 2.05) is 72.8 Å². The Labute approximate surface area is 195 Å². The number of carbonyl (C=O) groups is 2. The smallest absolute Gasteiger partial charge is 0.267 e. The van der Waals surface area contributed by atoms with Crippen molar-refractivity contribution in [2.24, 2.45) is 0 Å². The van der Waals surface area contributed by atoms with Crippen molar-refractivity contribution in [1.29, 1.82) is 0 Å². The molecule has 164 valence electrons. The van der Waals surface area contributed by atoms with Crippen molar-refractivity contribution in [3.8, 4) is 11.5 Å². The summed E-state index contributed by atoms with van der Waals surface area (Å²) in [6, 6.07) is 22.4. The Morgan fingerprint density at radius 1 is 1.03 bits per heavy atom. The van der Waals surface area contributed by atoms with Crippen LogP contribution in [0.3, 0.4) is 0 Å². The maximum atomic E-state index is 13.1. The Kier molecular flexibility index (Phi) is 6.46. The third-order valence-electron chi connectivity index (χ3n) is 5.27. The van der Waals surface area contributed by atoms with Gasteiger partial charge in [-0.3, -0.25) is 9.59 Å². The molecule has 1 aliphatic rings. The second kappa shape index (κ2) is 9.44. The molecule has 32 heavy (non-hydrogen) atoms. The van der Waals surface area contributed by atoms with Crippen molar-refractivity contribution in [3.63, 3.8) is 0 Å². The molecule has 1 heterocycles. The average molecular weight is 495 g/mol. The number of nitrogens with zero attached hydrogens (tertiary/aromatic N) is 1. The minimum Gasteiger partial charge on any atom is -0.497 e. The summed E-state index contributed by atoms with van der Waals surface area (Å²) in [6.07, 6.45) is -0.628. The number of β-lactam (4-membered cyclic amide) rings is 1. The molecule has 4 rings (SSSR count). The number of benzene rings is 3. The number of halogens is 1. The van der Waals surface area contributed by atoms with E-state index in [1.165, 1.54) is 6.92 Å². The Bertz CT molecular complexity index is 1130. The van der Waals surface area contributed by atoms with E-state index in [-0.39, 0.29) is 17.9 Å². The van der Waals surface area contributed by atoms with Crippen LogP contribution in [0.1, 0.15) is 24.1 Å². The maximum Gasteiger partial charge on any atom is 0.267 e. The van der Waals surface area contributed by atoms with Gasteiger partial charge in [0.25, 0.3) is 5.91 Å². The molecule has 2 amide bonds. The van der Waals surface area contributed by atoms with E-state index in [1.54, 1.807) is 12.0 Å². The SMILES string of the molecule is COc1ccc([C@@H]2[C@@H](Oc3cccc(Br)c3)C(=O)N2Cc2cccc(NC(C)=O)c2)cc1. The highest BCUT2D eigenvalue weighted by Crippen LogP contribution is 2.39. The van der Waals surface area contributed by atoms with Gasteiger partial charge >= 0.3 is 0 Å². The summed E-state index contributed by atoms with van der Waals surface area (Å²) < 4.78 is 12.3. The number of likely N-dealkylation sites (tertiary alicyclic amines) is 1. The van der Waals surface area contributed by atoms with Gasteiger partial charge in [-0.2, -0.15) is 0 Å². The molecule has 1 saturated heterocycles. The number of methoxy groups -OCH3 is 1. The summed E-state index contributed by atoms with van der Waals surface area (Å²) >= 11 is 3.44. The number of anilines is 1. The van der Waals surface area contributed by atoms with Crippen LogP contribution in [0.15, 0.2) is 77.3 Å². The summed E-state index contributed by atoms with van der Waals surface area (Å²) in [5.41, 5.74) is 2.58. The molecule has 1 fully saturated rings. The molecule has 0 saturated carbocycles. The minimum absolute atomic E-state index is 0.0873. The molecule has 0 aliphatic carbocycles. The van der Waals surface area contributed by atoms with Crippen LogP contribution in [-0.2, 0) is 16.1 Å². The summed E-state index contributed by atoms with van der Waals surface area (Å²) in [7, 11) is 1.62. The number of rotatable bonds is 7.